The van der Waals surface area contributed by atoms with Crippen LogP contribution in [0.25, 0.3) is 0 Å². The van der Waals surface area contributed by atoms with Gasteiger partial charge < -0.3 is 15.4 Å². The van der Waals surface area contributed by atoms with E-state index in [2.05, 4.69) is 10.6 Å². The van der Waals surface area contributed by atoms with Crippen molar-refractivity contribution in [3.63, 3.8) is 0 Å². The number of ether oxygens (including phenoxy) is 1. The molecule has 1 aliphatic rings. The topological polar surface area (TPSA) is 67.4 Å². The Labute approximate surface area is 169 Å². The zero-order valence-corrected chi connectivity index (χ0v) is 16.1. The monoisotopic (exact) mass is 386 g/mol. The summed E-state index contributed by atoms with van der Waals surface area (Å²) in [6.07, 6.45) is 1.05. The van der Waals surface area contributed by atoms with Gasteiger partial charge in [-0.25, -0.2) is 0 Å². The first-order valence-electron chi connectivity index (χ1n) is 9.58. The van der Waals surface area contributed by atoms with Crippen molar-refractivity contribution in [3.05, 3.63) is 84.4 Å². The molecule has 1 saturated carbocycles. The molecule has 5 nitrogen and oxygen atoms in total. The summed E-state index contributed by atoms with van der Waals surface area (Å²) in [5.74, 6) is 0.612. The summed E-state index contributed by atoms with van der Waals surface area (Å²) in [6, 6.07) is 24.1. The van der Waals surface area contributed by atoms with Gasteiger partial charge in [0.2, 0.25) is 11.8 Å². The molecule has 0 aliphatic heterocycles. The molecule has 29 heavy (non-hydrogen) atoms. The number of anilines is 2. The molecular weight excluding hydrogens is 364 g/mol. The first-order valence-corrected chi connectivity index (χ1v) is 9.58. The van der Waals surface area contributed by atoms with Gasteiger partial charge in [0.25, 0.3) is 0 Å². The summed E-state index contributed by atoms with van der Waals surface area (Å²) < 4.78 is 5.90. The number of benzene rings is 3. The second kappa shape index (κ2) is 7.80. The molecule has 4 rings (SSSR count). The van der Waals surface area contributed by atoms with E-state index in [1.807, 2.05) is 73.7 Å². The molecule has 0 radical (unpaired) electrons. The van der Waals surface area contributed by atoms with Crippen LogP contribution in [0.3, 0.4) is 0 Å². The quantitative estimate of drug-likeness (QED) is 0.576. The van der Waals surface area contributed by atoms with Gasteiger partial charge >= 0.3 is 0 Å². The van der Waals surface area contributed by atoms with Gasteiger partial charge in [0, 0.05) is 5.69 Å². The third-order valence-electron chi connectivity index (χ3n) is 5.04. The standard InChI is InChI=1S/C24H22N2O3/c1-17-11-13-18(14-12-17)25-22(27)24(15-16-24)23(28)26-20-9-5-6-10-21(20)29-19-7-3-2-4-8-19/h2-14H,15-16H2,1H3,(H,25,27)(H,26,28). The van der Waals surface area contributed by atoms with Gasteiger partial charge in [-0.05, 0) is 56.2 Å². The second-order valence-corrected chi connectivity index (χ2v) is 7.27. The molecule has 0 aromatic heterocycles. The maximum Gasteiger partial charge on any atom is 0.240 e. The molecule has 2 N–H and O–H groups in total. The van der Waals surface area contributed by atoms with Crippen LogP contribution in [0.4, 0.5) is 11.4 Å². The Morgan fingerprint density at radius 2 is 1.41 bits per heavy atom. The fraction of sp³-hybridized carbons (Fsp3) is 0.167. The Morgan fingerprint density at radius 3 is 2.10 bits per heavy atom. The van der Waals surface area contributed by atoms with Crippen molar-refractivity contribution in [2.75, 3.05) is 10.6 Å². The van der Waals surface area contributed by atoms with Gasteiger partial charge in [0.15, 0.2) is 5.75 Å². The number of carbonyl (C=O) groups is 2. The van der Waals surface area contributed by atoms with Crippen LogP contribution >= 0.6 is 0 Å². The number of aryl methyl sites for hydroxylation is 1. The van der Waals surface area contributed by atoms with Crippen LogP contribution in [0.15, 0.2) is 78.9 Å². The summed E-state index contributed by atoms with van der Waals surface area (Å²) in [7, 11) is 0. The smallest absolute Gasteiger partial charge is 0.240 e. The Bertz CT molecular complexity index is 1030. The Kier molecular flexibility index (Phi) is 5.04. The highest BCUT2D eigenvalue weighted by Gasteiger charge is 2.56. The van der Waals surface area contributed by atoms with Crippen LogP contribution < -0.4 is 15.4 Å². The van der Waals surface area contributed by atoms with E-state index < -0.39 is 5.41 Å². The van der Waals surface area contributed by atoms with Crippen LogP contribution in [0.1, 0.15) is 18.4 Å². The lowest BCUT2D eigenvalue weighted by Gasteiger charge is -2.17. The number of para-hydroxylation sites is 3. The Morgan fingerprint density at radius 1 is 0.793 bits per heavy atom. The minimum atomic E-state index is -1.04. The van der Waals surface area contributed by atoms with Crippen molar-refractivity contribution in [2.45, 2.75) is 19.8 Å². The minimum Gasteiger partial charge on any atom is -0.455 e. The average Bonchev–Trinajstić information content (AvgIpc) is 3.54. The van der Waals surface area contributed by atoms with Crippen LogP contribution in [0.2, 0.25) is 0 Å². The summed E-state index contributed by atoms with van der Waals surface area (Å²) in [4.78, 5) is 25.7. The molecule has 146 valence electrons. The van der Waals surface area contributed by atoms with Gasteiger partial charge in [-0.15, -0.1) is 0 Å². The van der Waals surface area contributed by atoms with Gasteiger partial charge in [0.1, 0.15) is 11.2 Å². The van der Waals surface area contributed by atoms with Crippen molar-refractivity contribution in [2.24, 2.45) is 5.41 Å². The van der Waals surface area contributed by atoms with Gasteiger partial charge in [-0.1, -0.05) is 48.0 Å². The molecule has 0 atom stereocenters. The molecule has 1 fully saturated rings. The van der Waals surface area contributed by atoms with Gasteiger partial charge in [-0.3, -0.25) is 9.59 Å². The molecule has 2 amide bonds. The van der Waals surface area contributed by atoms with E-state index in [1.165, 1.54) is 0 Å². The lowest BCUT2D eigenvalue weighted by Crippen LogP contribution is -2.35. The van der Waals surface area contributed by atoms with Crippen LogP contribution in [0, 0.1) is 12.3 Å². The lowest BCUT2D eigenvalue weighted by molar-refractivity contribution is -0.131. The fourth-order valence-electron chi connectivity index (χ4n) is 3.09. The van der Waals surface area contributed by atoms with E-state index in [-0.39, 0.29) is 11.8 Å². The normalized spacial score (nSPS) is 14.0. The van der Waals surface area contributed by atoms with E-state index in [4.69, 9.17) is 4.74 Å². The molecule has 0 bridgehead atoms. The molecule has 3 aromatic rings. The molecule has 0 saturated heterocycles. The number of hydrogen-bond donors (Lipinski definition) is 2. The van der Waals surface area contributed by atoms with E-state index >= 15 is 0 Å². The molecule has 0 unspecified atom stereocenters. The zero-order chi connectivity index (χ0) is 20.3. The molecule has 0 heterocycles. The summed E-state index contributed by atoms with van der Waals surface area (Å²) in [6.45, 7) is 1.98. The van der Waals surface area contributed by atoms with Crippen LogP contribution in [-0.4, -0.2) is 11.8 Å². The average molecular weight is 386 g/mol. The van der Waals surface area contributed by atoms with Gasteiger partial charge in [-0.2, -0.15) is 0 Å². The molecule has 5 heteroatoms. The van der Waals surface area contributed by atoms with E-state index in [0.717, 1.165) is 5.56 Å². The summed E-state index contributed by atoms with van der Waals surface area (Å²) in [5.41, 5.74) is 1.30. The van der Waals surface area contributed by atoms with E-state index in [0.29, 0.717) is 35.7 Å². The summed E-state index contributed by atoms with van der Waals surface area (Å²) >= 11 is 0. The molecular formula is C24H22N2O3. The van der Waals surface area contributed by atoms with E-state index in [9.17, 15) is 9.59 Å². The second-order valence-electron chi connectivity index (χ2n) is 7.27. The van der Waals surface area contributed by atoms with Gasteiger partial charge in [0.05, 0.1) is 5.69 Å². The van der Waals surface area contributed by atoms with Crippen molar-refractivity contribution in [1.82, 2.24) is 0 Å². The third kappa shape index (κ3) is 4.14. The van der Waals surface area contributed by atoms with E-state index in [1.54, 1.807) is 12.1 Å². The highest BCUT2D eigenvalue weighted by Crippen LogP contribution is 2.48. The number of amides is 2. The number of rotatable bonds is 6. The first-order chi connectivity index (χ1) is 14.1. The summed E-state index contributed by atoms with van der Waals surface area (Å²) in [5, 5.41) is 5.75. The number of carbonyl (C=O) groups excluding carboxylic acids is 2. The highest BCUT2D eigenvalue weighted by molar-refractivity contribution is 6.17. The lowest BCUT2D eigenvalue weighted by atomic mass is 10.0. The van der Waals surface area contributed by atoms with Crippen LogP contribution in [-0.2, 0) is 9.59 Å². The third-order valence-corrected chi connectivity index (χ3v) is 5.04. The largest absolute Gasteiger partial charge is 0.455 e. The van der Waals surface area contributed by atoms with Crippen molar-refractivity contribution in [1.29, 1.82) is 0 Å². The highest BCUT2D eigenvalue weighted by atomic mass is 16.5. The molecule has 0 spiro atoms. The number of nitrogens with one attached hydrogen (secondary N) is 2. The number of hydrogen-bond acceptors (Lipinski definition) is 3. The maximum absolute atomic E-state index is 13.0. The molecule has 3 aromatic carbocycles. The minimum absolute atomic E-state index is 0.277. The van der Waals surface area contributed by atoms with Crippen molar-refractivity contribution in [3.8, 4) is 11.5 Å². The Hall–Kier alpha value is -3.60. The predicted molar refractivity (Wildman–Crippen MR) is 113 cm³/mol. The molecule has 1 aliphatic carbocycles. The Balaban J connectivity index is 1.48. The SMILES string of the molecule is Cc1ccc(NC(=O)C2(C(=O)Nc3ccccc3Oc3ccccc3)CC2)cc1. The fourth-order valence-corrected chi connectivity index (χ4v) is 3.09. The zero-order valence-electron chi connectivity index (χ0n) is 16.1. The maximum atomic E-state index is 13.0. The predicted octanol–water partition coefficient (Wildman–Crippen LogP) is 5.14. The van der Waals surface area contributed by atoms with Crippen molar-refractivity contribution < 1.29 is 14.3 Å². The van der Waals surface area contributed by atoms with Crippen LogP contribution in [0.5, 0.6) is 11.5 Å². The van der Waals surface area contributed by atoms with Crippen molar-refractivity contribution >= 4 is 23.2 Å². The first kappa shape index (κ1) is 18.7.